The molecule has 2 aliphatic rings. The minimum absolute atomic E-state index is 0.257. The second-order valence-corrected chi connectivity index (χ2v) is 4.21. The Labute approximate surface area is 100.0 Å². The van der Waals surface area contributed by atoms with Gasteiger partial charge in [-0.15, -0.1) is 0 Å². The van der Waals surface area contributed by atoms with Crippen LogP contribution in [-0.4, -0.2) is 37.6 Å². The van der Waals surface area contributed by atoms with E-state index in [2.05, 4.69) is 9.98 Å². The molecule has 4 heteroatoms. The van der Waals surface area contributed by atoms with Crippen LogP contribution in [0.1, 0.15) is 18.1 Å². The van der Waals surface area contributed by atoms with Gasteiger partial charge in [-0.05, 0) is 31.2 Å². The van der Waals surface area contributed by atoms with Gasteiger partial charge in [0, 0.05) is 11.1 Å². The molecule has 1 aromatic carbocycles. The van der Waals surface area contributed by atoms with E-state index in [0.717, 1.165) is 29.5 Å². The predicted octanol–water partition coefficient (Wildman–Crippen LogP) is 1.63. The van der Waals surface area contributed by atoms with Crippen molar-refractivity contribution in [1.82, 2.24) is 0 Å². The molecule has 0 radical (unpaired) electrons. The highest BCUT2D eigenvalue weighted by molar-refractivity contribution is 5.98. The molecule has 2 aliphatic heterocycles. The van der Waals surface area contributed by atoms with Crippen molar-refractivity contribution in [2.75, 3.05) is 19.8 Å². The van der Waals surface area contributed by atoms with Gasteiger partial charge in [0.15, 0.2) is 0 Å². The molecule has 0 aromatic heterocycles. The van der Waals surface area contributed by atoms with Crippen LogP contribution >= 0.6 is 0 Å². The summed E-state index contributed by atoms with van der Waals surface area (Å²) in [6, 6.07) is 8.24. The summed E-state index contributed by atoms with van der Waals surface area (Å²) in [4.78, 5) is 8.70. The molecular formula is C13H14N2O2. The fourth-order valence-electron chi connectivity index (χ4n) is 1.90. The van der Waals surface area contributed by atoms with Crippen LogP contribution in [0, 0.1) is 0 Å². The van der Waals surface area contributed by atoms with E-state index in [0.29, 0.717) is 13.2 Å². The standard InChI is InChI=1S/C13H14N2O2/c1-9-8-17-13(15-9)11-4-2-10(3-5-11)12-14-6-7-16-12/h2-5,9H,6-8H2,1H3. The zero-order valence-corrected chi connectivity index (χ0v) is 9.72. The van der Waals surface area contributed by atoms with Crippen molar-refractivity contribution in [2.45, 2.75) is 13.0 Å². The first kappa shape index (κ1) is 10.3. The van der Waals surface area contributed by atoms with Crippen LogP contribution in [0.25, 0.3) is 0 Å². The molecule has 0 amide bonds. The monoisotopic (exact) mass is 230 g/mol. The lowest BCUT2D eigenvalue weighted by Crippen LogP contribution is -2.04. The molecular weight excluding hydrogens is 216 g/mol. The van der Waals surface area contributed by atoms with Gasteiger partial charge in [0.05, 0.1) is 12.6 Å². The second kappa shape index (κ2) is 4.20. The molecule has 0 bridgehead atoms. The highest BCUT2D eigenvalue weighted by atomic mass is 16.5. The first-order valence-corrected chi connectivity index (χ1v) is 5.81. The molecule has 0 fully saturated rings. The quantitative estimate of drug-likeness (QED) is 0.775. The van der Waals surface area contributed by atoms with Gasteiger partial charge in [0.25, 0.3) is 0 Å². The van der Waals surface area contributed by atoms with E-state index in [-0.39, 0.29) is 6.04 Å². The lowest BCUT2D eigenvalue weighted by molar-refractivity contribution is 0.324. The topological polar surface area (TPSA) is 43.2 Å². The van der Waals surface area contributed by atoms with Crippen LogP contribution in [-0.2, 0) is 9.47 Å². The Balaban J connectivity index is 1.83. The van der Waals surface area contributed by atoms with Crippen LogP contribution < -0.4 is 0 Å². The fourth-order valence-corrected chi connectivity index (χ4v) is 1.90. The van der Waals surface area contributed by atoms with Gasteiger partial charge >= 0.3 is 0 Å². The molecule has 0 saturated heterocycles. The average molecular weight is 230 g/mol. The lowest BCUT2D eigenvalue weighted by Gasteiger charge is -2.04. The van der Waals surface area contributed by atoms with Crippen molar-refractivity contribution >= 4 is 11.8 Å². The molecule has 0 aliphatic carbocycles. The van der Waals surface area contributed by atoms with Crippen molar-refractivity contribution in [3.05, 3.63) is 35.4 Å². The summed E-state index contributed by atoms with van der Waals surface area (Å²) in [6.07, 6.45) is 0. The summed E-state index contributed by atoms with van der Waals surface area (Å²) in [5.74, 6) is 1.47. The summed E-state index contributed by atoms with van der Waals surface area (Å²) in [5.41, 5.74) is 2.02. The molecule has 4 nitrogen and oxygen atoms in total. The van der Waals surface area contributed by atoms with Crippen LogP contribution in [0.2, 0.25) is 0 Å². The molecule has 0 N–H and O–H groups in total. The third kappa shape index (κ3) is 2.02. The number of rotatable bonds is 2. The molecule has 88 valence electrons. The highest BCUT2D eigenvalue weighted by Crippen LogP contribution is 2.14. The molecule has 1 unspecified atom stereocenters. The van der Waals surface area contributed by atoms with Gasteiger partial charge < -0.3 is 9.47 Å². The van der Waals surface area contributed by atoms with Crippen LogP contribution in [0.3, 0.4) is 0 Å². The Morgan fingerprint density at radius 1 is 1.06 bits per heavy atom. The maximum Gasteiger partial charge on any atom is 0.216 e. The van der Waals surface area contributed by atoms with E-state index in [4.69, 9.17) is 9.47 Å². The van der Waals surface area contributed by atoms with Gasteiger partial charge in [-0.1, -0.05) is 0 Å². The zero-order valence-electron chi connectivity index (χ0n) is 9.72. The Bertz CT molecular complexity index is 477. The van der Waals surface area contributed by atoms with Gasteiger partial charge in [-0.3, -0.25) is 0 Å². The summed E-state index contributed by atoms with van der Waals surface area (Å²) in [5, 5.41) is 0. The number of benzene rings is 1. The molecule has 0 spiro atoms. The van der Waals surface area contributed by atoms with E-state index >= 15 is 0 Å². The number of hydrogen-bond acceptors (Lipinski definition) is 4. The van der Waals surface area contributed by atoms with E-state index in [1.165, 1.54) is 0 Å². The molecule has 0 saturated carbocycles. The Hall–Kier alpha value is -1.84. The Morgan fingerprint density at radius 3 is 2.29 bits per heavy atom. The Morgan fingerprint density at radius 2 is 1.76 bits per heavy atom. The molecule has 1 aromatic rings. The molecule has 1 atom stereocenters. The van der Waals surface area contributed by atoms with E-state index in [9.17, 15) is 0 Å². The normalized spacial score (nSPS) is 22.8. The maximum absolute atomic E-state index is 5.51. The minimum Gasteiger partial charge on any atom is -0.476 e. The van der Waals surface area contributed by atoms with Gasteiger partial charge in [-0.25, -0.2) is 9.98 Å². The summed E-state index contributed by atoms with van der Waals surface area (Å²) < 4.78 is 10.9. The predicted molar refractivity (Wildman–Crippen MR) is 65.7 cm³/mol. The SMILES string of the molecule is CC1COC(c2ccc(C3=NCCO3)cc2)=N1. The van der Waals surface area contributed by atoms with E-state index in [1.54, 1.807) is 0 Å². The Kier molecular flexibility index (Phi) is 2.55. The summed E-state index contributed by atoms with van der Waals surface area (Å²) >= 11 is 0. The van der Waals surface area contributed by atoms with Crippen LogP contribution in [0.4, 0.5) is 0 Å². The average Bonchev–Trinajstić information content (AvgIpc) is 3.00. The smallest absolute Gasteiger partial charge is 0.216 e. The number of ether oxygens (including phenoxy) is 2. The largest absolute Gasteiger partial charge is 0.476 e. The van der Waals surface area contributed by atoms with Gasteiger partial charge in [-0.2, -0.15) is 0 Å². The summed E-state index contributed by atoms with van der Waals surface area (Å²) in [6.45, 7) is 4.16. The highest BCUT2D eigenvalue weighted by Gasteiger charge is 2.16. The first-order chi connectivity index (χ1) is 8.33. The van der Waals surface area contributed by atoms with Gasteiger partial charge in [0.2, 0.25) is 11.8 Å². The van der Waals surface area contributed by atoms with Crippen molar-refractivity contribution < 1.29 is 9.47 Å². The second-order valence-electron chi connectivity index (χ2n) is 4.21. The maximum atomic E-state index is 5.51. The van der Waals surface area contributed by atoms with Crippen molar-refractivity contribution in [2.24, 2.45) is 9.98 Å². The molecule has 2 heterocycles. The fraction of sp³-hybridized carbons (Fsp3) is 0.385. The van der Waals surface area contributed by atoms with Crippen molar-refractivity contribution in [1.29, 1.82) is 0 Å². The molecule has 3 rings (SSSR count). The van der Waals surface area contributed by atoms with Crippen LogP contribution in [0.15, 0.2) is 34.3 Å². The number of nitrogens with zero attached hydrogens (tertiary/aromatic N) is 2. The molecule has 17 heavy (non-hydrogen) atoms. The van der Waals surface area contributed by atoms with Gasteiger partial charge in [0.1, 0.15) is 13.2 Å². The van der Waals surface area contributed by atoms with E-state index in [1.807, 2.05) is 31.2 Å². The third-order valence-corrected chi connectivity index (χ3v) is 2.76. The van der Waals surface area contributed by atoms with Crippen molar-refractivity contribution in [3.63, 3.8) is 0 Å². The third-order valence-electron chi connectivity index (χ3n) is 2.76. The minimum atomic E-state index is 0.257. The van der Waals surface area contributed by atoms with Crippen LogP contribution in [0.5, 0.6) is 0 Å². The zero-order chi connectivity index (χ0) is 11.7. The van der Waals surface area contributed by atoms with E-state index < -0.39 is 0 Å². The van der Waals surface area contributed by atoms with Crippen molar-refractivity contribution in [3.8, 4) is 0 Å². The number of hydrogen-bond donors (Lipinski definition) is 0. The first-order valence-electron chi connectivity index (χ1n) is 5.81. The summed E-state index contributed by atoms with van der Waals surface area (Å²) in [7, 11) is 0. The number of aliphatic imine (C=N–C) groups is 2. The lowest BCUT2D eigenvalue weighted by atomic mass is 10.1.